The number of unbranched alkanes of at least 4 members (excludes halogenated alkanes) is 1. The van der Waals surface area contributed by atoms with Crippen LogP contribution >= 0.6 is 0 Å². The van der Waals surface area contributed by atoms with E-state index in [1.807, 2.05) is 0 Å². The maximum atomic E-state index is 11.9. The standard InChI is InChI=1S/C13H25F3N2O/c14-13(15,16)6-1-2-7-17-8-3-11-19-12-4-9-18-10-5-12/h12,17-18H,1-11H2. The molecule has 1 saturated heterocycles. The minimum Gasteiger partial charge on any atom is -0.378 e. The van der Waals surface area contributed by atoms with Crippen LogP contribution in [0.25, 0.3) is 0 Å². The maximum Gasteiger partial charge on any atom is 0.389 e. The number of piperidine rings is 1. The molecule has 0 aromatic rings. The van der Waals surface area contributed by atoms with Gasteiger partial charge in [-0.05, 0) is 58.3 Å². The van der Waals surface area contributed by atoms with Crippen molar-refractivity contribution in [2.45, 2.75) is 50.8 Å². The summed E-state index contributed by atoms with van der Waals surface area (Å²) in [6.07, 6.45) is -0.445. The van der Waals surface area contributed by atoms with Crippen molar-refractivity contribution >= 4 is 0 Å². The quantitative estimate of drug-likeness (QED) is 0.637. The summed E-state index contributed by atoms with van der Waals surface area (Å²) < 4.78 is 41.3. The van der Waals surface area contributed by atoms with Crippen LogP contribution in [0.2, 0.25) is 0 Å². The summed E-state index contributed by atoms with van der Waals surface area (Å²) in [7, 11) is 0. The van der Waals surface area contributed by atoms with Gasteiger partial charge in [-0.15, -0.1) is 0 Å². The molecule has 1 aliphatic heterocycles. The molecule has 0 spiro atoms. The lowest BCUT2D eigenvalue weighted by atomic mass is 10.1. The Hall–Kier alpha value is -0.330. The lowest BCUT2D eigenvalue weighted by Crippen LogP contribution is -2.33. The van der Waals surface area contributed by atoms with Gasteiger partial charge >= 0.3 is 6.18 Å². The molecule has 2 N–H and O–H groups in total. The van der Waals surface area contributed by atoms with Gasteiger partial charge in [-0.1, -0.05) is 0 Å². The van der Waals surface area contributed by atoms with Crippen molar-refractivity contribution in [2.75, 3.05) is 32.8 Å². The zero-order valence-electron chi connectivity index (χ0n) is 11.4. The molecule has 1 rings (SSSR count). The average molecular weight is 282 g/mol. The molecule has 0 bridgehead atoms. The Morgan fingerprint density at radius 1 is 1.05 bits per heavy atom. The summed E-state index contributed by atoms with van der Waals surface area (Å²) in [5.74, 6) is 0. The molecule has 0 radical (unpaired) electrons. The molecule has 0 atom stereocenters. The first-order chi connectivity index (χ1) is 9.08. The molecular formula is C13H25F3N2O. The molecule has 19 heavy (non-hydrogen) atoms. The van der Waals surface area contributed by atoms with Gasteiger partial charge in [0.25, 0.3) is 0 Å². The first-order valence-electron chi connectivity index (χ1n) is 7.18. The summed E-state index contributed by atoms with van der Waals surface area (Å²) in [4.78, 5) is 0. The van der Waals surface area contributed by atoms with Gasteiger partial charge in [0.15, 0.2) is 0 Å². The highest BCUT2D eigenvalue weighted by Gasteiger charge is 2.25. The fourth-order valence-corrected chi connectivity index (χ4v) is 2.11. The van der Waals surface area contributed by atoms with E-state index in [9.17, 15) is 13.2 Å². The lowest BCUT2D eigenvalue weighted by molar-refractivity contribution is -0.135. The van der Waals surface area contributed by atoms with Crippen molar-refractivity contribution in [1.29, 1.82) is 0 Å². The number of halogens is 3. The van der Waals surface area contributed by atoms with Gasteiger partial charge in [-0.2, -0.15) is 13.2 Å². The van der Waals surface area contributed by atoms with E-state index in [4.69, 9.17) is 4.74 Å². The highest BCUT2D eigenvalue weighted by atomic mass is 19.4. The van der Waals surface area contributed by atoms with Crippen LogP contribution in [-0.4, -0.2) is 45.1 Å². The first-order valence-corrected chi connectivity index (χ1v) is 7.18. The van der Waals surface area contributed by atoms with E-state index in [1.54, 1.807) is 0 Å². The van der Waals surface area contributed by atoms with E-state index >= 15 is 0 Å². The maximum absolute atomic E-state index is 11.9. The Labute approximate surface area is 113 Å². The first kappa shape index (κ1) is 16.7. The monoisotopic (exact) mass is 282 g/mol. The second kappa shape index (κ2) is 9.55. The Kier molecular flexibility index (Phi) is 8.41. The van der Waals surface area contributed by atoms with Crippen molar-refractivity contribution in [3.8, 4) is 0 Å². The molecule has 3 nitrogen and oxygen atoms in total. The lowest BCUT2D eigenvalue weighted by Gasteiger charge is -2.22. The number of nitrogens with one attached hydrogen (secondary N) is 2. The summed E-state index contributed by atoms with van der Waals surface area (Å²) in [6, 6.07) is 0. The van der Waals surface area contributed by atoms with Gasteiger partial charge in [-0.25, -0.2) is 0 Å². The molecule has 114 valence electrons. The fourth-order valence-electron chi connectivity index (χ4n) is 2.11. The van der Waals surface area contributed by atoms with Gasteiger partial charge in [0.1, 0.15) is 0 Å². The van der Waals surface area contributed by atoms with Gasteiger partial charge in [-0.3, -0.25) is 0 Å². The van der Waals surface area contributed by atoms with Crippen LogP contribution in [0.1, 0.15) is 38.5 Å². The van der Waals surface area contributed by atoms with Crippen LogP contribution in [-0.2, 0) is 4.74 Å². The number of ether oxygens (including phenoxy) is 1. The van der Waals surface area contributed by atoms with Gasteiger partial charge < -0.3 is 15.4 Å². The summed E-state index contributed by atoms with van der Waals surface area (Å²) in [5, 5.41) is 6.43. The highest BCUT2D eigenvalue weighted by Crippen LogP contribution is 2.21. The van der Waals surface area contributed by atoms with Gasteiger partial charge in [0, 0.05) is 13.0 Å². The van der Waals surface area contributed by atoms with E-state index in [0.717, 1.165) is 45.5 Å². The predicted octanol–water partition coefficient (Wildman–Crippen LogP) is 2.47. The normalized spacial score (nSPS) is 17.8. The van der Waals surface area contributed by atoms with Crippen molar-refractivity contribution in [3.63, 3.8) is 0 Å². The summed E-state index contributed by atoms with van der Waals surface area (Å²) in [5.41, 5.74) is 0. The largest absolute Gasteiger partial charge is 0.389 e. The highest BCUT2D eigenvalue weighted by molar-refractivity contribution is 4.68. The van der Waals surface area contributed by atoms with Crippen LogP contribution in [0.3, 0.4) is 0 Å². The number of hydrogen-bond donors (Lipinski definition) is 2. The van der Waals surface area contributed by atoms with E-state index in [-0.39, 0.29) is 6.42 Å². The number of rotatable bonds is 9. The Bertz CT molecular complexity index is 218. The smallest absolute Gasteiger partial charge is 0.378 e. The van der Waals surface area contributed by atoms with Gasteiger partial charge in [0.05, 0.1) is 6.10 Å². The molecule has 1 fully saturated rings. The second-order valence-electron chi connectivity index (χ2n) is 5.00. The fraction of sp³-hybridized carbons (Fsp3) is 1.00. The van der Waals surface area contributed by atoms with Crippen molar-refractivity contribution < 1.29 is 17.9 Å². The third kappa shape index (κ3) is 10.2. The van der Waals surface area contributed by atoms with E-state index < -0.39 is 12.6 Å². The van der Waals surface area contributed by atoms with Crippen LogP contribution < -0.4 is 10.6 Å². The van der Waals surface area contributed by atoms with E-state index in [0.29, 0.717) is 19.1 Å². The predicted molar refractivity (Wildman–Crippen MR) is 69.2 cm³/mol. The molecule has 6 heteroatoms. The minimum absolute atomic E-state index is 0.210. The summed E-state index contributed by atoms with van der Waals surface area (Å²) >= 11 is 0. The van der Waals surface area contributed by atoms with Crippen LogP contribution in [0.15, 0.2) is 0 Å². The van der Waals surface area contributed by atoms with Crippen molar-refractivity contribution in [1.82, 2.24) is 10.6 Å². The summed E-state index contributed by atoms with van der Waals surface area (Å²) in [6.45, 7) is 4.27. The van der Waals surface area contributed by atoms with Crippen LogP contribution in [0.5, 0.6) is 0 Å². The van der Waals surface area contributed by atoms with E-state index in [2.05, 4.69) is 10.6 Å². The molecule has 0 amide bonds. The SMILES string of the molecule is FC(F)(F)CCCCNCCCOC1CCNCC1. The zero-order valence-corrected chi connectivity index (χ0v) is 11.4. The molecular weight excluding hydrogens is 257 g/mol. The molecule has 0 aromatic carbocycles. The second-order valence-corrected chi connectivity index (χ2v) is 5.00. The van der Waals surface area contributed by atoms with Crippen molar-refractivity contribution in [2.24, 2.45) is 0 Å². The molecule has 0 aliphatic carbocycles. The third-order valence-corrected chi connectivity index (χ3v) is 3.20. The Morgan fingerprint density at radius 3 is 2.42 bits per heavy atom. The van der Waals surface area contributed by atoms with Gasteiger partial charge in [0.2, 0.25) is 0 Å². The number of hydrogen-bond acceptors (Lipinski definition) is 3. The molecule has 1 aliphatic rings. The topological polar surface area (TPSA) is 33.3 Å². The molecule has 0 aromatic heterocycles. The molecule has 0 unspecified atom stereocenters. The van der Waals surface area contributed by atoms with E-state index in [1.165, 1.54) is 0 Å². The molecule has 1 heterocycles. The number of alkyl halides is 3. The van der Waals surface area contributed by atoms with Crippen molar-refractivity contribution in [3.05, 3.63) is 0 Å². The van der Waals surface area contributed by atoms with Crippen LogP contribution in [0, 0.1) is 0 Å². The zero-order chi connectivity index (χ0) is 14.0. The Balaban J connectivity index is 1.78. The minimum atomic E-state index is -4.01. The third-order valence-electron chi connectivity index (χ3n) is 3.20. The molecule has 0 saturated carbocycles. The Morgan fingerprint density at radius 2 is 1.74 bits per heavy atom. The van der Waals surface area contributed by atoms with Crippen LogP contribution in [0.4, 0.5) is 13.2 Å². The average Bonchev–Trinajstić information content (AvgIpc) is 2.37.